The zero-order chi connectivity index (χ0) is 12.7. The second-order valence-electron chi connectivity index (χ2n) is 2.94. The Morgan fingerprint density at radius 3 is 2.76 bits per heavy atom. The quantitative estimate of drug-likeness (QED) is 0.549. The number of benzene rings is 1. The first kappa shape index (κ1) is 13.3. The van der Waals surface area contributed by atoms with Crippen LogP contribution in [-0.4, -0.2) is 30.0 Å². The molecular formula is C10H12N2O4S. The molecular weight excluding hydrogens is 244 g/mol. The maximum absolute atomic E-state index is 11.3. The summed E-state index contributed by atoms with van der Waals surface area (Å²) in [5.74, 6) is -1.16. The summed E-state index contributed by atoms with van der Waals surface area (Å²) in [5, 5.41) is 10.8. The van der Waals surface area contributed by atoms with Crippen molar-refractivity contribution in [3.63, 3.8) is 0 Å². The molecule has 0 unspecified atom stereocenters. The number of carbonyl (C=O) groups excluding carboxylic acids is 1. The lowest BCUT2D eigenvalue weighted by Crippen LogP contribution is -2.30. The van der Waals surface area contributed by atoms with E-state index in [-0.39, 0.29) is 0 Å². The van der Waals surface area contributed by atoms with Crippen LogP contribution in [0.4, 0.5) is 10.5 Å². The van der Waals surface area contributed by atoms with E-state index in [9.17, 15) is 9.59 Å². The minimum Gasteiger partial charge on any atom is -0.479 e. The lowest BCUT2D eigenvalue weighted by atomic mass is 10.3. The molecule has 0 saturated carbocycles. The van der Waals surface area contributed by atoms with Crippen LogP contribution in [0.5, 0.6) is 0 Å². The van der Waals surface area contributed by atoms with Crippen molar-refractivity contribution in [3.8, 4) is 0 Å². The molecule has 92 valence electrons. The third kappa shape index (κ3) is 4.75. The van der Waals surface area contributed by atoms with Crippen molar-refractivity contribution in [2.75, 3.05) is 18.2 Å². The number of nitrogens with one attached hydrogen (secondary N) is 2. The van der Waals surface area contributed by atoms with Crippen LogP contribution in [0.1, 0.15) is 0 Å². The van der Waals surface area contributed by atoms with E-state index < -0.39 is 18.6 Å². The van der Waals surface area contributed by atoms with E-state index >= 15 is 0 Å². The molecule has 6 nitrogen and oxygen atoms in total. The number of thioether (sulfide) groups is 1. The Labute approximate surface area is 102 Å². The number of aliphatic carboxylic acids is 1. The highest BCUT2D eigenvalue weighted by atomic mass is 32.2. The number of hydrogen-bond acceptors (Lipinski definition) is 4. The molecule has 1 rings (SSSR count). The average Bonchev–Trinajstić information content (AvgIpc) is 2.29. The first-order valence-corrected chi connectivity index (χ1v) is 5.89. The summed E-state index contributed by atoms with van der Waals surface area (Å²) in [5.41, 5.74) is 2.61. The molecule has 0 saturated heterocycles. The molecule has 7 heteroatoms. The van der Waals surface area contributed by atoms with Gasteiger partial charge in [0.05, 0.1) is 5.69 Å². The van der Waals surface area contributed by atoms with Gasteiger partial charge in [-0.05, 0) is 18.4 Å². The molecule has 0 radical (unpaired) electrons. The van der Waals surface area contributed by atoms with Crippen LogP contribution < -0.4 is 10.8 Å². The molecule has 3 N–H and O–H groups in total. The highest BCUT2D eigenvalue weighted by Crippen LogP contribution is 2.24. The molecule has 0 aliphatic rings. The van der Waals surface area contributed by atoms with Crippen molar-refractivity contribution < 1.29 is 19.5 Å². The highest BCUT2D eigenvalue weighted by molar-refractivity contribution is 7.98. The van der Waals surface area contributed by atoms with Gasteiger partial charge in [-0.3, -0.25) is 4.84 Å². The van der Waals surface area contributed by atoms with Crippen LogP contribution in [0.3, 0.4) is 0 Å². The molecule has 1 aromatic carbocycles. The van der Waals surface area contributed by atoms with Crippen molar-refractivity contribution in [2.45, 2.75) is 4.90 Å². The minimum absolute atomic E-state index is 0.586. The molecule has 0 heterocycles. The molecule has 0 bridgehead atoms. The molecule has 0 atom stereocenters. The zero-order valence-corrected chi connectivity index (χ0v) is 9.91. The Hall–Kier alpha value is -1.73. The third-order valence-electron chi connectivity index (χ3n) is 1.72. The Kier molecular flexibility index (Phi) is 5.31. The van der Waals surface area contributed by atoms with Gasteiger partial charge in [0.25, 0.3) is 0 Å². The van der Waals surface area contributed by atoms with Crippen LogP contribution in [0, 0.1) is 0 Å². The van der Waals surface area contributed by atoms with E-state index in [2.05, 4.69) is 10.2 Å². The van der Waals surface area contributed by atoms with E-state index in [0.29, 0.717) is 5.69 Å². The van der Waals surface area contributed by atoms with Gasteiger partial charge in [-0.15, -0.1) is 11.8 Å². The normalized spacial score (nSPS) is 9.71. The van der Waals surface area contributed by atoms with Crippen LogP contribution in [0.25, 0.3) is 0 Å². The number of urea groups is 1. The van der Waals surface area contributed by atoms with Crippen molar-refractivity contribution in [1.29, 1.82) is 0 Å². The summed E-state index contributed by atoms with van der Waals surface area (Å²) in [6.45, 7) is -0.586. The zero-order valence-electron chi connectivity index (χ0n) is 9.10. The summed E-state index contributed by atoms with van der Waals surface area (Å²) in [6, 6.07) is 6.62. The Morgan fingerprint density at radius 1 is 1.41 bits per heavy atom. The summed E-state index contributed by atoms with van der Waals surface area (Å²) in [4.78, 5) is 26.8. The first-order valence-electron chi connectivity index (χ1n) is 4.67. The lowest BCUT2D eigenvalue weighted by Gasteiger charge is -2.09. The number of anilines is 1. The summed E-state index contributed by atoms with van der Waals surface area (Å²) < 4.78 is 0. The lowest BCUT2D eigenvalue weighted by molar-refractivity contribution is -0.143. The summed E-state index contributed by atoms with van der Waals surface area (Å²) in [7, 11) is 0. The van der Waals surface area contributed by atoms with Gasteiger partial charge in [0.15, 0.2) is 6.61 Å². The number of hydroxylamine groups is 1. The second kappa shape index (κ2) is 6.77. The monoisotopic (exact) mass is 256 g/mol. The van der Waals surface area contributed by atoms with Gasteiger partial charge in [-0.25, -0.2) is 15.1 Å². The Balaban J connectivity index is 2.47. The molecule has 0 aromatic heterocycles. The number of carboxylic acid groups (broad SMARTS) is 1. The van der Waals surface area contributed by atoms with Crippen LogP contribution in [0.15, 0.2) is 29.2 Å². The second-order valence-corrected chi connectivity index (χ2v) is 3.79. The van der Waals surface area contributed by atoms with E-state index in [1.54, 1.807) is 12.1 Å². The SMILES string of the molecule is CSc1ccccc1NC(=O)NOCC(=O)O. The van der Waals surface area contributed by atoms with Crippen molar-refractivity contribution in [1.82, 2.24) is 5.48 Å². The number of carboxylic acids is 1. The smallest absolute Gasteiger partial charge is 0.343 e. The molecule has 0 aliphatic carbocycles. The molecule has 2 amide bonds. The van der Waals surface area contributed by atoms with Gasteiger partial charge in [0.1, 0.15) is 0 Å². The maximum Gasteiger partial charge on any atom is 0.343 e. The van der Waals surface area contributed by atoms with Gasteiger partial charge in [0, 0.05) is 4.90 Å². The summed E-state index contributed by atoms with van der Waals surface area (Å²) in [6.07, 6.45) is 1.89. The fourth-order valence-electron chi connectivity index (χ4n) is 1.06. The van der Waals surface area contributed by atoms with E-state index in [0.717, 1.165) is 4.90 Å². The average molecular weight is 256 g/mol. The fraction of sp³-hybridized carbons (Fsp3) is 0.200. The number of amides is 2. The Morgan fingerprint density at radius 2 is 2.12 bits per heavy atom. The standard InChI is InChI=1S/C10H12N2O4S/c1-17-8-5-3-2-4-7(8)11-10(15)12-16-6-9(13)14/h2-5H,6H2,1H3,(H,13,14)(H2,11,12,15). The topological polar surface area (TPSA) is 87.7 Å². The van der Waals surface area contributed by atoms with Gasteiger partial charge in [0.2, 0.25) is 0 Å². The van der Waals surface area contributed by atoms with Crippen LogP contribution in [0.2, 0.25) is 0 Å². The Bertz CT molecular complexity index is 411. The highest BCUT2D eigenvalue weighted by Gasteiger charge is 2.06. The van der Waals surface area contributed by atoms with E-state index in [1.165, 1.54) is 11.8 Å². The van der Waals surface area contributed by atoms with Crippen molar-refractivity contribution in [2.24, 2.45) is 0 Å². The number of carbonyl (C=O) groups is 2. The van der Waals surface area contributed by atoms with Gasteiger partial charge in [-0.1, -0.05) is 12.1 Å². The van der Waals surface area contributed by atoms with Crippen LogP contribution >= 0.6 is 11.8 Å². The van der Waals surface area contributed by atoms with Gasteiger partial charge in [-0.2, -0.15) is 0 Å². The maximum atomic E-state index is 11.3. The number of para-hydroxylation sites is 1. The van der Waals surface area contributed by atoms with Crippen molar-refractivity contribution in [3.05, 3.63) is 24.3 Å². The van der Waals surface area contributed by atoms with E-state index in [1.807, 2.05) is 23.9 Å². The van der Waals surface area contributed by atoms with E-state index in [4.69, 9.17) is 5.11 Å². The van der Waals surface area contributed by atoms with Gasteiger partial charge < -0.3 is 10.4 Å². The first-order chi connectivity index (χ1) is 8.13. The largest absolute Gasteiger partial charge is 0.479 e. The third-order valence-corrected chi connectivity index (χ3v) is 2.51. The predicted molar refractivity (Wildman–Crippen MR) is 64.0 cm³/mol. The predicted octanol–water partition coefficient (Wildman–Crippen LogP) is 1.55. The van der Waals surface area contributed by atoms with Gasteiger partial charge >= 0.3 is 12.0 Å². The summed E-state index contributed by atoms with van der Waals surface area (Å²) >= 11 is 1.49. The fourth-order valence-corrected chi connectivity index (χ4v) is 1.61. The minimum atomic E-state index is -1.16. The van der Waals surface area contributed by atoms with Crippen LogP contribution in [-0.2, 0) is 9.63 Å². The van der Waals surface area contributed by atoms with Crippen molar-refractivity contribution >= 4 is 29.4 Å². The molecule has 17 heavy (non-hydrogen) atoms. The number of hydrogen-bond donors (Lipinski definition) is 3. The molecule has 0 spiro atoms. The molecule has 0 aliphatic heterocycles. The number of rotatable bonds is 5. The molecule has 1 aromatic rings. The molecule has 0 fully saturated rings.